The lowest BCUT2D eigenvalue weighted by Crippen LogP contribution is -1.79. The third-order valence-electron chi connectivity index (χ3n) is 2.57. The molecule has 0 saturated carbocycles. The minimum atomic E-state index is 1.04. The summed E-state index contributed by atoms with van der Waals surface area (Å²) in [5, 5.41) is 1.28. The molecule has 0 fully saturated rings. The average molecular weight is 174 g/mol. The summed E-state index contributed by atoms with van der Waals surface area (Å²) < 4.78 is 5.72. The minimum Gasteiger partial charge on any atom is -0.461 e. The van der Waals surface area contributed by atoms with Gasteiger partial charge in [-0.3, -0.25) is 0 Å². The standard InChI is InChI=1S/C12H14O/c1-4-10-9(3)13-12-8(2)6-5-7-11(10)12/h5-7H,4H2,1-3H3. The monoisotopic (exact) mass is 174 g/mol. The van der Waals surface area contributed by atoms with Crippen molar-refractivity contribution in [3.8, 4) is 0 Å². The van der Waals surface area contributed by atoms with Crippen molar-refractivity contribution in [3.05, 3.63) is 35.1 Å². The summed E-state index contributed by atoms with van der Waals surface area (Å²) in [6, 6.07) is 6.31. The van der Waals surface area contributed by atoms with Crippen LogP contribution in [0.3, 0.4) is 0 Å². The van der Waals surface area contributed by atoms with Crippen LogP contribution in [0.1, 0.15) is 23.8 Å². The molecule has 0 radical (unpaired) electrons. The zero-order chi connectivity index (χ0) is 9.42. The van der Waals surface area contributed by atoms with Crippen molar-refractivity contribution in [3.63, 3.8) is 0 Å². The fraction of sp³-hybridized carbons (Fsp3) is 0.333. The van der Waals surface area contributed by atoms with E-state index in [2.05, 4.69) is 32.0 Å². The zero-order valence-corrected chi connectivity index (χ0v) is 8.35. The highest BCUT2D eigenvalue weighted by molar-refractivity contribution is 5.84. The zero-order valence-electron chi connectivity index (χ0n) is 8.35. The van der Waals surface area contributed by atoms with Crippen LogP contribution in [-0.4, -0.2) is 0 Å². The van der Waals surface area contributed by atoms with E-state index in [4.69, 9.17) is 4.42 Å². The lowest BCUT2D eigenvalue weighted by atomic mass is 10.1. The first kappa shape index (κ1) is 8.36. The summed E-state index contributed by atoms with van der Waals surface area (Å²) in [6.07, 6.45) is 1.04. The molecule has 0 unspecified atom stereocenters. The number of benzene rings is 1. The van der Waals surface area contributed by atoms with E-state index in [1.165, 1.54) is 16.5 Å². The second-order valence-corrected chi connectivity index (χ2v) is 3.44. The van der Waals surface area contributed by atoms with E-state index in [-0.39, 0.29) is 0 Å². The quantitative estimate of drug-likeness (QED) is 0.643. The van der Waals surface area contributed by atoms with E-state index in [0.29, 0.717) is 0 Å². The van der Waals surface area contributed by atoms with Gasteiger partial charge in [-0.05, 0) is 25.8 Å². The van der Waals surface area contributed by atoms with Gasteiger partial charge in [0, 0.05) is 10.9 Å². The largest absolute Gasteiger partial charge is 0.461 e. The Balaban J connectivity index is 2.86. The third-order valence-corrected chi connectivity index (χ3v) is 2.57. The van der Waals surface area contributed by atoms with Gasteiger partial charge in [0.25, 0.3) is 0 Å². The van der Waals surface area contributed by atoms with Crippen LogP contribution < -0.4 is 0 Å². The molecular weight excluding hydrogens is 160 g/mol. The van der Waals surface area contributed by atoms with Gasteiger partial charge in [0.15, 0.2) is 0 Å². The summed E-state index contributed by atoms with van der Waals surface area (Å²) >= 11 is 0. The summed E-state index contributed by atoms with van der Waals surface area (Å²) in [6.45, 7) is 6.29. The predicted molar refractivity (Wildman–Crippen MR) is 55.1 cm³/mol. The van der Waals surface area contributed by atoms with Crippen molar-refractivity contribution in [1.29, 1.82) is 0 Å². The van der Waals surface area contributed by atoms with Gasteiger partial charge in [-0.1, -0.05) is 25.1 Å². The molecule has 68 valence electrons. The first-order chi connectivity index (χ1) is 6.24. The highest BCUT2D eigenvalue weighted by Crippen LogP contribution is 2.27. The normalized spacial score (nSPS) is 11.0. The maximum atomic E-state index is 5.72. The van der Waals surface area contributed by atoms with Crippen molar-refractivity contribution < 1.29 is 4.42 Å². The first-order valence-corrected chi connectivity index (χ1v) is 4.71. The molecule has 0 bridgehead atoms. The maximum absolute atomic E-state index is 5.72. The highest BCUT2D eigenvalue weighted by atomic mass is 16.3. The molecule has 0 saturated heterocycles. The van der Waals surface area contributed by atoms with E-state index in [0.717, 1.165) is 17.8 Å². The van der Waals surface area contributed by atoms with E-state index in [1.54, 1.807) is 0 Å². The summed E-state index contributed by atoms with van der Waals surface area (Å²) in [5.41, 5.74) is 3.62. The van der Waals surface area contributed by atoms with E-state index >= 15 is 0 Å². The van der Waals surface area contributed by atoms with Gasteiger partial charge < -0.3 is 4.42 Å². The lowest BCUT2D eigenvalue weighted by Gasteiger charge is -1.94. The molecule has 0 amide bonds. The molecule has 1 nitrogen and oxygen atoms in total. The number of fused-ring (bicyclic) bond motifs is 1. The molecule has 1 aromatic carbocycles. The molecule has 1 aromatic heterocycles. The van der Waals surface area contributed by atoms with Crippen LogP contribution in [0.4, 0.5) is 0 Å². The number of furan rings is 1. The number of rotatable bonds is 1. The van der Waals surface area contributed by atoms with Crippen molar-refractivity contribution in [1.82, 2.24) is 0 Å². The van der Waals surface area contributed by atoms with Crippen molar-refractivity contribution in [2.75, 3.05) is 0 Å². The Kier molecular flexibility index (Phi) is 1.87. The number of para-hydroxylation sites is 1. The van der Waals surface area contributed by atoms with Crippen LogP contribution in [0.2, 0.25) is 0 Å². The highest BCUT2D eigenvalue weighted by Gasteiger charge is 2.09. The molecule has 0 spiro atoms. The van der Waals surface area contributed by atoms with Gasteiger partial charge in [0.2, 0.25) is 0 Å². The predicted octanol–water partition coefficient (Wildman–Crippen LogP) is 3.61. The Hall–Kier alpha value is -1.24. The summed E-state index contributed by atoms with van der Waals surface area (Å²) in [4.78, 5) is 0. The molecule has 13 heavy (non-hydrogen) atoms. The van der Waals surface area contributed by atoms with E-state index in [1.807, 2.05) is 6.92 Å². The van der Waals surface area contributed by atoms with Gasteiger partial charge in [-0.2, -0.15) is 0 Å². The SMILES string of the molecule is CCc1c(C)oc2c(C)cccc12. The van der Waals surface area contributed by atoms with Gasteiger partial charge in [-0.25, -0.2) is 0 Å². The van der Waals surface area contributed by atoms with E-state index < -0.39 is 0 Å². The van der Waals surface area contributed by atoms with Crippen LogP contribution >= 0.6 is 0 Å². The Morgan fingerprint density at radius 3 is 2.69 bits per heavy atom. The fourth-order valence-corrected chi connectivity index (χ4v) is 1.87. The molecule has 0 aliphatic carbocycles. The van der Waals surface area contributed by atoms with Crippen LogP contribution in [0.5, 0.6) is 0 Å². The number of hydrogen-bond acceptors (Lipinski definition) is 1. The molecule has 0 aliphatic heterocycles. The molecular formula is C12H14O. The van der Waals surface area contributed by atoms with Crippen molar-refractivity contribution in [2.45, 2.75) is 27.2 Å². The fourth-order valence-electron chi connectivity index (χ4n) is 1.87. The van der Waals surface area contributed by atoms with Crippen LogP contribution in [0, 0.1) is 13.8 Å². The van der Waals surface area contributed by atoms with Gasteiger partial charge in [0.05, 0.1) is 0 Å². The number of aryl methyl sites for hydroxylation is 3. The Labute approximate surface area is 78.4 Å². The molecule has 0 atom stereocenters. The lowest BCUT2D eigenvalue weighted by molar-refractivity contribution is 0.570. The second kappa shape index (κ2) is 2.91. The van der Waals surface area contributed by atoms with Gasteiger partial charge in [0.1, 0.15) is 11.3 Å². The molecule has 2 aromatic rings. The van der Waals surface area contributed by atoms with Crippen LogP contribution in [-0.2, 0) is 6.42 Å². The topological polar surface area (TPSA) is 13.1 Å². The van der Waals surface area contributed by atoms with Crippen molar-refractivity contribution >= 4 is 11.0 Å². The maximum Gasteiger partial charge on any atom is 0.137 e. The Bertz CT molecular complexity index is 438. The van der Waals surface area contributed by atoms with Crippen LogP contribution in [0.25, 0.3) is 11.0 Å². The van der Waals surface area contributed by atoms with Crippen molar-refractivity contribution in [2.24, 2.45) is 0 Å². The Morgan fingerprint density at radius 1 is 1.23 bits per heavy atom. The summed E-state index contributed by atoms with van der Waals surface area (Å²) in [7, 11) is 0. The molecule has 0 N–H and O–H groups in total. The van der Waals surface area contributed by atoms with E-state index in [9.17, 15) is 0 Å². The average Bonchev–Trinajstić information content (AvgIpc) is 2.43. The van der Waals surface area contributed by atoms with Gasteiger partial charge >= 0.3 is 0 Å². The van der Waals surface area contributed by atoms with Crippen LogP contribution in [0.15, 0.2) is 22.6 Å². The number of hydrogen-bond donors (Lipinski definition) is 0. The Morgan fingerprint density at radius 2 is 2.00 bits per heavy atom. The second-order valence-electron chi connectivity index (χ2n) is 3.44. The van der Waals surface area contributed by atoms with Gasteiger partial charge in [-0.15, -0.1) is 0 Å². The molecule has 2 rings (SSSR count). The molecule has 0 aliphatic rings. The third kappa shape index (κ3) is 1.15. The molecule has 1 heterocycles. The molecule has 1 heteroatoms. The smallest absolute Gasteiger partial charge is 0.137 e. The summed E-state index contributed by atoms with van der Waals surface area (Å²) in [5.74, 6) is 1.06. The first-order valence-electron chi connectivity index (χ1n) is 4.71. The minimum absolute atomic E-state index is 1.04.